The maximum absolute atomic E-state index is 4.26. The van der Waals surface area contributed by atoms with Crippen LogP contribution in [0.4, 0.5) is 0 Å². The van der Waals surface area contributed by atoms with Gasteiger partial charge >= 0.3 is 0 Å². The Hall–Kier alpha value is -0.540. The first kappa shape index (κ1) is 11.5. The quantitative estimate of drug-likeness (QED) is 0.553. The molecule has 0 saturated heterocycles. The molecule has 2 nitrogen and oxygen atoms in total. The van der Waals surface area contributed by atoms with Crippen molar-refractivity contribution >= 4 is 11.8 Å². The van der Waals surface area contributed by atoms with Gasteiger partial charge in [0, 0.05) is 11.9 Å². The zero-order valence-corrected chi connectivity index (χ0v) is 9.52. The first-order valence-electron chi connectivity index (χ1n) is 5.18. The molecule has 0 aliphatic rings. The van der Waals surface area contributed by atoms with E-state index in [4.69, 9.17) is 0 Å². The molecule has 3 heteroatoms. The molecule has 1 N–H and O–H groups in total. The summed E-state index contributed by atoms with van der Waals surface area (Å²) in [7, 11) is 0. The van der Waals surface area contributed by atoms with Crippen molar-refractivity contribution in [2.75, 3.05) is 18.8 Å². The van der Waals surface area contributed by atoms with Gasteiger partial charge in [-0.15, -0.1) is 11.8 Å². The topological polar surface area (TPSA) is 24.9 Å². The zero-order chi connectivity index (χ0) is 10.1. The fourth-order valence-corrected chi connectivity index (χ4v) is 1.92. The average Bonchev–Trinajstić information content (AvgIpc) is 2.25. The van der Waals surface area contributed by atoms with E-state index in [1.54, 1.807) is 0 Å². The Kier molecular flexibility index (Phi) is 6.45. The predicted octanol–water partition coefficient (Wildman–Crippen LogP) is 2.56. The number of hydrogen-bond acceptors (Lipinski definition) is 3. The van der Waals surface area contributed by atoms with E-state index >= 15 is 0 Å². The first-order valence-corrected chi connectivity index (χ1v) is 6.16. The van der Waals surface area contributed by atoms with Crippen molar-refractivity contribution in [2.45, 2.75) is 24.8 Å². The van der Waals surface area contributed by atoms with Crippen molar-refractivity contribution in [2.24, 2.45) is 0 Å². The number of hydrogen-bond donors (Lipinski definition) is 1. The van der Waals surface area contributed by atoms with Crippen LogP contribution in [0.25, 0.3) is 0 Å². The molecule has 0 atom stereocenters. The summed E-state index contributed by atoms with van der Waals surface area (Å²) in [5.74, 6) is 1.15. The number of nitrogens with zero attached hydrogens (tertiary/aromatic N) is 1. The van der Waals surface area contributed by atoms with E-state index in [1.807, 2.05) is 30.1 Å². The monoisotopic (exact) mass is 210 g/mol. The molecule has 1 rings (SSSR count). The number of thioether (sulfide) groups is 1. The Morgan fingerprint density at radius 3 is 3.00 bits per heavy atom. The third-order valence-electron chi connectivity index (χ3n) is 1.81. The van der Waals surface area contributed by atoms with E-state index in [1.165, 1.54) is 12.8 Å². The molecule has 0 spiro atoms. The minimum Gasteiger partial charge on any atom is -0.317 e. The summed E-state index contributed by atoms with van der Waals surface area (Å²) in [5.41, 5.74) is 0. The van der Waals surface area contributed by atoms with E-state index in [0.29, 0.717) is 0 Å². The van der Waals surface area contributed by atoms with Gasteiger partial charge < -0.3 is 5.32 Å². The molecule has 0 aliphatic heterocycles. The zero-order valence-electron chi connectivity index (χ0n) is 8.70. The predicted molar refractivity (Wildman–Crippen MR) is 62.7 cm³/mol. The van der Waals surface area contributed by atoms with E-state index in [0.717, 1.165) is 23.9 Å². The summed E-state index contributed by atoms with van der Waals surface area (Å²) >= 11 is 1.83. The molecule has 1 aromatic heterocycles. The van der Waals surface area contributed by atoms with E-state index in [2.05, 4.69) is 23.3 Å². The Bertz CT molecular complexity index is 226. The molecular weight excluding hydrogens is 192 g/mol. The lowest BCUT2D eigenvalue weighted by Crippen LogP contribution is -2.16. The number of aromatic nitrogens is 1. The van der Waals surface area contributed by atoms with Crippen molar-refractivity contribution in [1.29, 1.82) is 0 Å². The molecule has 0 amide bonds. The third-order valence-corrected chi connectivity index (χ3v) is 2.84. The SMILES string of the molecule is CCCNCCCSc1ccccn1. The van der Waals surface area contributed by atoms with Gasteiger partial charge in [-0.3, -0.25) is 0 Å². The van der Waals surface area contributed by atoms with Crippen LogP contribution in [0.15, 0.2) is 29.4 Å². The normalized spacial score (nSPS) is 10.4. The largest absolute Gasteiger partial charge is 0.317 e. The van der Waals surface area contributed by atoms with Crippen LogP contribution in [0.1, 0.15) is 19.8 Å². The average molecular weight is 210 g/mol. The first-order chi connectivity index (χ1) is 6.93. The van der Waals surface area contributed by atoms with Gasteiger partial charge in [0.15, 0.2) is 0 Å². The molecule has 0 unspecified atom stereocenters. The van der Waals surface area contributed by atoms with Gasteiger partial charge in [-0.1, -0.05) is 13.0 Å². The minimum atomic E-state index is 1.12. The smallest absolute Gasteiger partial charge is 0.0959 e. The summed E-state index contributed by atoms with van der Waals surface area (Å²) in [6.45, 7) is 4.44. The van der Waals surface area contributed by atoms with Gasteiger partial charge in [-0.05, 0) is 38.1 Å². The third kappa shape index (κ3) is 5.25. The lowest BCUT2D eigenvalue weighted by molar-refractivity contribution is 0.664. The summed E-state index contributed by atoms with van der Waals surface area (Å²) in [5, 5.41) is 4.52. The summed E-state index contributed by atoms with van der Waals surface area (Å²) < 4.78 is 0. The van der Waals surface area contributed by atoms with Crippen molar-refractivity contribution < 1.29 is 0 Å². The molecule has 1 aromatic rings. The molecule has 0 fully saturated rings. The van der Waals surface area contributed by atoms with Crippen LogP contribution in [0.3, 0.4) is 0 Å². The molecule has 0 saturated carbocycles. The second-order valence-corrected chi connectivity index (χ2v) is 4.24. The number of pyridine rings is 1. The molecule has 0 aromatic carbocycles. The minimum absolute atomic E-state index is 1.12. The van der Waals surface area contributed by atoms with Crippen LogP contribution < -0.4 is 5.32 Å². The lowest BCUT2D eigenvalue weighted by atomic mass is 10.4. The van der Waals surface area contributed by atoms with Crippen molar-refractivity contribution in [1.82, 2.24) is 10.3 Å². The van der Waals surface area contributed by atoms with Gasteiger partial charge in [0.2, 0.25) is 0 Å². The van der Waals surface area contributed by atoms with Crippen LogP contribution in [0, 0.1) is 0 Å². The Morgan fingerprint density at radius 2 is 2.29 bits per heavy atom. The molecule has 0 bridgehead atoms. The molecule has 14 heavy (non-hydrogen) atoms. The van der Waals surface area contributed by atoms with E-state index < -0.39 is 0 Å². The highest BCUT2D eigenvalue weighted by atomic mass is 32.2. The molecule has 0 aliphatic carbocycles. The van der Waals surface area contributed by atoms with Crippen molar-refractivity contribution in [3.63, 3.8) is 0 Å². The van der Waals surface area contributed by atoms with Gasteiger partial charge in [-0.2, -0.15) is 0 Å². The second kappa shape index (κ2) is 7.83. The molecule has 1 heterocycles. The number of nitrogens with one attached hydrogen (secondary N) is 1. The summed E-state index contributed by atoms with van der Waals surface area (Å²) in [6.07, 6.45) is 4.27. The van der Waals surface area contributed by atoms with Gasteiger partial charge in [0.05, 0.1) is 5.03 Å². The van der Waals surface area contributed by atoms with Gasteiger partial charge in [0.25, 0.3) is 0 Å². The van der Waals surface area contributed by atoms with Crippen LogP contribution in [0.5, 0.6) is 0 Å². The van der Waals surface area contributed by atoms with E-state index in [-0.39, 0.29) is 0 Å². The standard InChI is InChI=1S/C11H18N2S/c1-2-7-12-8-5-10-14-11-6-3-4-9-13-11/h3-4,6,9,12H,2,5,7-8,10H2,1H3. The van der Waals surface area contributed by atoms with Crippen LogP contribution in [0.2, 0.25) is 0 Å². The summed E-state index contributed by atoms with van der Waals surface area (Å²) in [6, 6.07) is 6.04. The lowest BCUT2D eigenvalue weighted by Gasteiger charge is -2.02. The van der Waals surface area contributed by atoms with Crippen LogP contribution >= 0.6 is 11.8 Å². The summed E-state index contributed by atoms with van der Waals surface area (Å²) in [4.78, 5) is 4.26. The van der Waals surface area contributed by atoms with Crippen LogP contribution in [-0.4, -0.2) is 23.8 Å². The maximum atomic E-state index is 4.26. The second-order valence-electron chi connectivity index (χ2n) is 3.12. The fraction of sp³-hybridized carbons (Fsp3) is 0.545. The Morgan fingerprint density at radius 1 is 1.36 bits per heavy atom. The highest BCUT2D eigenvalue weighted by Gasteiger charge is 1.93. The van der Waals surface area contributed by atoms with E-state index in [9.17, 15) is 0 Å². The highest BCUT2D eigenvalue weighted by molar-refractivity contribution is 7.99. The van der Waals surface area contributed by atoms with Gasteiger partial charge in [0.1, 0.15) is 0 Å². The molecular formula is C11H18N2S. The highest BCUT2D eigenvalue weighted by Crippen LogP contribution is 2.14. The fourth-order valence-electron chi connectivity index (χ4n) is 1.11. The molecule has 0 radical (unpaired) electrons. The van der Waals surface area contributed by atoms with Crippen molar-refractivity contribution in [3.8, 4) is 0 Å². The Labute approximate surface area is 90.5 Å². The Balaban J connectivity index is 1.99. The van der Waals surface area contributed by atoms with Gasteiger partial charge in [-0.25, -0.2) is 4.98 Å². The molecule has 78 valence electrons. The number of rotatable bonds is 7. The van der Waals surface area contributed by atoms with Crippen LogP contribution in [-0.2, 0) is 0 Å². The van der Waals surface area contributed by atoms with Crippen molar-refractivity contribution in [3.05, 3.63) is 24.4 Å². The maximum Gasteiger partial charge on any atom is 0.0959 e.